The molecule has 3 saturated heterocycles. The zero-order valence-corrected chi connectivity index (χ0v) is 17.2. The molecule has 3 nitrogen and oxygen atoms in total. The van der Waals surface area contributed by atoms with Gasteiger partial charge in [0.25, 0.3) is 5.91 Å². The summed E-state index contributed by atoms with van der Waals surface area (Å²) in [6.07, 6.45) is 4.79. The minimum Gasteiger partial charge on any atom is -0.489 e. The van der Waals surface area contributed by atoms with Crippen molar-refractivity contribution >= 4 is 17.7 Å². The molecule has 3 fully saturated rings. The maximum Gasteiger partial charge on any atom is 0.254 e. The van der Waals surface area contributed by atoms with E-state index in [1.54, 1.807) is 0 Å². The number of carbonyl (C=O) groups is 1. The van der Waals surface area contributed by atoms with E-state index in [1.807, 2.05) is 36.0 Å². The highest BCUT2D eigenvalue weighted by Gasteiger charge is 2.43. The van der Waals surface area contributed by atoms with Gasteiger partial charge in [0, 0.05) is 29.2 Å². The van der Waals surface area contributed by atoms with Gasteiger partial charge in [-0.25, -0.2) is 0 Å². The minimum atomic E-state index is 0.195. The molecule has 3 aliphatic heterocycles. The smallest absolute Gasteiger partial charge is 0.254 e. The van der Waals surface area contributed by atoms with Crippen molar-refractivity contribution in [2.75, 3.05) is 11.5 Å². The van der Waals surface area contributed by atoms with Gasteiger partial charge >= 0.3 is 0 Å². The fraction of sp³-hybridized carbons (Fsp3) is 0.458. The summed E-state index contributed by atoms with van der Waals surface area (Å²) < 4.78 is 5.91. The number of ether oxygens (including phenoxy) is 1. The Labute approximate surface area is 171 Å². The number of piperidine rings is 1. The first-order valence-corrected chi connectivity index (χ1v) is 11.6. The molecule has 2 aromatic carbocycles. The van der Waals surface area contributed by atoms with Crippen LogP contribution in [0.15, 0.2) is 48.5 Å². The molecule has 3 atom stereocenters. The van der Waals surface area contributed by atoms with Crippen LogP contribution in [0.4, 0.5) is 0 Å². The number of amides is 1. The third-order valence-corrected chi connectivity index (χ3v) is 7.74. The van der Waals surface area contributed by atoms with Gasteiger partial charge in [-0.1, -0.05) is 29.8 Å². The Bertz CT molecular complexity index is 830. The van der Waals surface area contributed by atoms with Crippen molar-refractivity contribution in [2.24, 2.45) is 0 Å². The van der Waals surface area contributed by atoms with Crippen molar-refractivity contribution in [3.63, 3.8) is 0 Å². The van der Waals surface area contributed by atoms with E-state index in [2.05, 4.69) is 36.1 Å². The number of nitrogens with zero attached hydrogens (tertiary/aromatic N) is 1. The Balaban J connectivity index is 1.27. The molecule has 2 bridgehead atoms. The molecular formula is C24H27NO2S. The van der Waals surface area contributed by atoms with Crippen LogP contribution in [-0.4, -0.2) is 40.5 Å². The van der Waals surface area contributed by atoms with Gasteiger partial charge in [-0.3, -0.25) is 4.79 Å². The molecule has 0 N–H and O–H groups in total. The molecule has 4 heteroatoms. The van der Waals surface area contributed by atoms with Gasteiger partial charge in [-0.2, -0.15) is 11.8 Å². The van der Waals surface area contributed by atoms with Gasteiger partial charge in [-0.15, -0.1) is 0 Å². The standard InChI is InChI=1S/C24H27NO2S/c1-16-2-4-17(5-3-16)19-12-20-8-9-21(13-19)25(20)24(26)18-6-10-22(11-7-18)27-23-14-28-15-23/h2-7,10-11,19-21,23H,8-9,12-15H2,1H3/t19-,20+,21-. The van der Waals surface area contributed by atoms with Gasteiger partial charge < -0.3 is 9.64 Å². The molecule has 5 rings (SSSR count). The lowest BCUT2D eigenvalue weighted by Crippen LogP contribution is -2.46. The maximum atomic E-state index is 13.2. The summed E-state index contributed by atoms with van der Waals surface area (Å²) in [6, 6.07) is 17.5. The number of hydrogen-bond donors (Lipinski definition) is 0. The molecule has 146 valence electrons. The van der Waals surface area contributed by atoms with E-state index in [1.165, 1.54) is 11.1 Å². The molecule has 0 saturated carbocycles. The Morgan fingerprint density at radius 2 is 1.61 bits per heavy atom. The molecule has 0 spiro atoms. The average Bonchev–Trinajstić information content (AvgIpc) is 2.94. The number of hydrogen-bond acceptors (Lipinski definition) is 3. The number of thioether (sulfide) groups is 1. The Morgan fingerprint density at radius 3 is 2.18 bits per heavy atom. The summed E-state index contributed by atoms with van der Waals surface area (Å²) in [5, 5.41) is 0. The first-order valence-electron chi connectivity index (χ1n) is 10.4. The lowest BCUT2D eigenvalue weighted by Gasteiger charge is -2.39. The second-order valence-electron chi connectivity index (χ2n) is 8.48. The van der Waals surface area contributed by atoms with Crippen LogP contribution in [0.2, 0.25) is 0 Å². The summed E-state index contributed by atoms with van der Waals surface area (Å²) in [4.78, 5) is 15.4. The van der Waals surface area contributed by atoms with Crippen LogP contribution in [-0.2, 0) is 0 Å². The van der Waals surface area contributed by atoms with Crippen molar-refractivity contribution in [3.05, 3.63) is 65.2 Å². The molecule has 3 heterocycles. The quantitative estimate of drug-likeness (QED) is 0.729. The third kappa shape index (κ3) is 3.43. The first kappa shape index (κ1) is 18.1. The van der Waals surface area contributed by atoms with Crippen molar-refractivity contribution in [1.29, 1.82) is 0 Å². The van der Waals surface area contributed by atoms with E-state index in [-0.39, 0.29) is 5.91 Å². The number of fused-ring (bicyclic) bond motifs is 2. The highest BCUT2D eigenvalue weighted by Crippen LogP contribution is 2.43. The van der Waals surface area contributed by atoms with Gasteiger partial charge in [-0.05, 0) is 68.4 Å². The predicted molar refractivity (Wildman–Crippen MR) is 114 cm³/mol. The Kier molecular flexibility index (Phi) is 4.83. The molecular weight excluding hydrogens is 366 g/mol. The Hall–Kier alpha value is -1.94. The lowest BCUT2D eigenvalue weighted by atomic mass is 9.84. The van der Waals surface area contributed by atoms with Crippen LogP contribution in [0.1, 0.15) is 53.1 Å². The lowest BCUT2D eigenvalue weighted by molar-refractivity contribution is 0.0571. The largest absolute Gasteiger partial charge is 0.489 e. The molecule has 0 unspecified atom stereocenters. The van der Waals surface area contributed by atoms with Gasteiger partial charge in [0.2, 0.25) is 0 Å². The molecule has 2 aromatic rings. The second-order valence-corrected chi connectivity index (χ2v) is 9.55. The minimum absolute atomic E-state index is 0.195. The van der Waals surface area contributed by atoms with Crippen molar-refractivity contribution in [3.8, 4) is 5.75 Å². The summed E-state index contributed by atoms with van der Waals surface area (Å²) in [7, 11) is 0. The maximum absolute atomic E-state index is 13.2. The fourth-order valence-electron chi connectivity index (χ4n) is 4.92. The van der Waals surface area contributed by atoms with Gasteiger partial charge in [0.1, 0.15) is 11.9 Å². The topological polar surface area (TPSA) is 29.5 Å². The molecule has 0 radical (unpaired) electrons. The first-order chi connectivity index (χ1) is 13.7. The third-order valence-electron chi connectivity index (χ3n) is 6.53. The van der Waals surface area contributed by atoms with Gasteiger partial charge in [0.15, 0.2) is 0 Å². The van der Waals surface area contributed by atoms with E-state index < -0.39 is 0 Å². The van der Waals surface area contributed by atoms with Crippen LogP contribution in [0.5, 0.6) is 5.75 Å². The highest BCUT2D eigenvalue weighted by atomic mass is 32.2. The SMILES string of the molecule is Cc1ccc([C@H]2C[C@H]3CC[C@@H](C2)N3C(=O)c2ccc(OC3CSC3)cc2)cc1. The van der Waals surface area contributed by atoms with Crippen molar-refractivity contribution in [2.45, 2.75) is 56.7 Å². The number of carbonyl (C=O) groups excluding carboxylic acids is 1. The number of benzene rings is 2. The summed E-state index contributed by atoms with van der Waals surface area (Å²) in [5.74, 6) is 3.79. The molecule has 0 aliphatic carbocycles. The molecule has 1 amide bonds. The number of rotatable bonds is 4. The van der Waals surface area contributed by atoms with Crippen molar-refractivity contribution < 1.29 is 9.53 Å². The van der Waals surface area contributed by atoms with E-state index >= 15 is 0 Å². The highest BCUT2D eigenvalue weighted by molar-refractivity contribution is 8.00. The summed E-state index contributed by atoms with van der Waals surface area (Å²) >= 11 is 1.91. The normalized spacial score (nSPS) is 26.8. The number of aryl methyl sites for hydroxylation is 1. The second kappa shape index (κ2) is 7.47. The predicted octanol–water partition coefficient (Wildman–Crippen LogP) is 5.04. The van der Waals surface area contributed by atoms with Gasteiger partial charge in [0.05, 0.1) is 0 Å². The fourth-order valence-corrected chi connectivity index (χ4v) is 5.48. The monoisotopic (exact) mass is 393 g/mol. The van der Waals surface area contributed by atoms with E-state index in [0.29, 0.717) is 24.1 Å². The van der Waals surface area contributed by atoms with Crippen LogP contribution in [0, 0.1) is 6.92 Å². The van der Waals surface area contributed by atoms with Crippen LogP contribution in [0.3, 0.4) is 0 Å². The molecule has 3 aliphatic rings. The van der Waals surface area contributed by atoms with E-state index in [0.717, 1.165) is 48.5 Å². The summed E-state index contributed by atoms with van der Waals surface area (Å²) in [5.41, 5.74) is 3.54. The van der Waals surface area contributed by atoms with E-state index in [4.69, 9.17) is 4.74 Å². The Morgan fingerprint density at radius 1 is 0.964 bits per heavy atom. The zero-order valence-electron chi connectivity index (χ0n) is 16.3. The summed E-state index contributed by atoms with van der Waals surface area (Å²) in [6.45, 7) is 2.14. The zero-order chi connectivity index (χ0) is 19.1. The average molecular weight is 394 g/mol. The van der Waals surface area contributed by atoms with Crippen LogP contribution in [0.25, 0.3) is 0 Å². The molecule has 0 aromatic heterocycles. The van der Waals surface area contributed by atoms with Crippen LogP contribution < -0.4 is 4.74 Å². The van der Waals surface area contributed by atoms with E-state index in [9.17, 15) is 4.79 Å². The molecule has 28 heavy (non-hydrogen) atoms. The van der Waals surface area contributed by atoms with Crippen LogP contribution >= 0.6 is 11.8 Å². The van der Waals surface area contributed by atoms with Crippen molar-refractivity contribution in [1.82, 2.24) is 4.90 Å².